The van der Waals surface area contributed by atoms with Crippen LogP contribution >= 0.6 is 0 Å². The molecule has 0 atom stereocenters. The molecule has 4 aromatic heterocycles. The Labute approximate surface area is 108 Å². The Morgan fingerprint density at radius 1 is 1.21 bits per heavy atom. The first-order valence-electron chi connectivity index (χ1n) is 5.95. The molecule has 0 spiro atoms. The molecular weight excluding hydrogens is 240 g/mol. The first-order valence-corrected chi connectivity index (χ1v) is 5.95. The van der Waals surface area contributed by atoms with Crippen molar-refractivity contribution in [3.05, 3.63) is 42.7 Å². The van der Waals surface area contributed by atoms with Crippen LogP contribution in [0, 0.1) is 6.92 Å². The number of H-pyrrole nitrogens is 1. The summed E-state index contributed by atoms with van der Waals surface area (Å²) in [5, 5.41) is 9.02. The Kier molecular flexibility index (Phi) is 1.97. The molecule has 0 aromatic carbocycles. The van der Waals surface area contributed by atoms with Crippen molar-refractivity contribution in [2.24, 2.45) is 0 Å². The predicted molar refractivity (Wildman–Crippen MR) is 71.6 cm³/mol. The molecule has 1 N–H and O–H groups in total. The average Bonchev–Trinajstić information content (AvgIpc) is 3.06. The number of nitrogens with one attached hydrogen (secondary N) is 1. The number of nitrogens with zero attached hydrogens (tertiary/aromatic N) is 3. The predicted octanol–water partition coefficient (Wildman–Crippen LogP) is 3.07. The second-order valence-corrected chi connectivity index (χ2v) is 4.45. The van der Waals surface area contributed by atoms with E-state index in [1.165, 1.54) is 0 Å². The molecule has 5 heteroatoms. The van der Waals surface area contributed by atoms with Gasteiger partial charge in [-0.25, -0.2) is 0 Å². The molecule has 0 aliphatic rings. The largest absolute Gasteiger partial charge is 0.464 e. The number of rotatable bonds is 1. The topological polar surface area (TPSA) is 67.6 Å². The number of aromatic amines is 1. The van der Waals surface area contributed by atoms with E-state index in [0.717, 1.165) is 38.8 Å². The number of aromatic nitrogens is 4. The number of fused-ring (bicyclic) bond motifs is 2. The number of pyridine rings is 2. The third-order valence-corrected chi connectivity index (χ3v) is 3.26. The van der Waals surface area contributed by atoms with E-state index in [1.54, 1.807) is 24.9 Å². The summed E-state index contributed by atoms with van der Waals surface area (Å²) in [6, 6.07) is 3.86. The normalized spacial score (nSPS) is 11.4. The van der Waals surface area contributed by atoms with Gasteiger partial charge in [0, 0.05) is 28.9 Å². The zero-order chi connectivity index (χ0) is 12.8. The average molecular weight is 250 g/mol. The van der Waals surface area contributed by atoms with Crippen molar-refractivity contribution < 1.29 is 4.42 Å². The molecule has 5 nitrogen and oxygen atoms in total. The van der Waals surface area contributed by atoms with E-state index in [4.69, 9.17) is 4.42 Å². The minimum absolute atomic E-state index is 0.806. The number of furan rings is 1. The molecule has 0 amide bonds. The summed E-state index contributed by atoms with van der Waals surface area (Å²) in [4.78, 5) is 8.85. The van der Waals surface area contributed by atoms with Crippen molar-refractivity contribution in [2.75, 3.05) is 0 Å². The highest BCUT2D eigenvalue weighted by Crippen LogP contribution is 2.29. The first kappa shape index (κ1) is 10.3. The summed E-state index contributed by atoms with van der Waals surface area (Å²) in [5.74, 6) is 0. The quantitative estimate of drug-likeness (QED) is 0.563. The van der Waals surface area contributed by atoms with Gasteiger partial charge in [0.05, 0.1) is 29.2 Å². The van der Waals surface area contributed by atoms with Gasteiger partial charge in [-0.05, 0) is 19.1 Å². The van der Waals surface area contributed by atoms with Crippen LogP contribution in [0.15, 0.2) is 41.4 Å². The Morgan fingerprint density at radius 2 is 2.16 bits per heavy atom. The van der Waals surface area contributed by atoms with Crippen molar-refractivity contribution in [1.82, 2.24) is 20.2 Å². The molecule has 4 heterocycles. The van der Waals surface area contributed by atoms with Crippen molar-refractivity contribution >= 4 is 21.9 Å². The van der Waals surface area contributed by atoms with Gasteiger partial charge in [-0.3, -0.25) is 15.1 Å². The van der Waals surface area contributed by atoms with Crippen LogP contribution in [-0.2, 0) is 0 Å². The van der Waals surface area contributed by atoms with Gasteiger partial charge in [0.25, 0.3) is 0 Å². The highest BCUT2D eigenvalue weighted by Gasteiger charge is 2.11. The Morgan fingerprint density at radius 3 is 3.11 bits per heavy atom. The first-order chi connectivity index (χ1) is 9.33. The van der Waals surface area contributed by atoms with Crippen LogP contribution in [0.1, 0.15) is 5.69 Å². The van der Waals surface area contributed by atoms with Crippen LogP contribution in [0.4, 0.5) is 0 Å². The molecule has 19 heavy (non-hydrogen) atoms. The maximum Gasteiger partial charge on any atom is 0.146 e. The third-order valence-electron chi connectivity index (χ3n) is 3.26. The Hall–Kier alpha value is -2.69. The van der Waals surface area contributed by atoms with E-state index < -0.39 is 0 Å². The van der Waals surface area contributed by atoms with Crippen LogP contribution in [0.3, 0.4) is 0 Å². The minimum Gasteiger partial charge on any atom is -0.464 e. The molecule has 92 valence electrons. The fraction of sp³-hybridized carbons (Fsp3) is 0.0714. The van der Waals surface area contributed by atoms with Gasteiger partial charge < -0.3 is 4.42 Å². The lowest BCUT2D eigenvalue weighted by Gasteiger charge is -2.03. The summed E-state index contributed by atoms with van der Waals surface area (Å²) in [5.41, 5.74) is 4.43. The van der Waals surface area contributed by atoms with Crippen LogP contribution in [-0.4, -0.2) is 20.2 Å². The SMILES string of the molecule is Cc1nc(-c2cncc3ccoc23)cc2[nH]ncc12. The molecule has 0 unspecified atom stereocenters. The molecule has 0 aliphatic carbocycles. The molecule has 0 aliphatic heterocycles. The second-order valence-electron chi connectivity index (χ2n) is 4.45. The van der Waals surface area contributed by atoms with Crippen LogP contribution in [0.2, 0.25) is 0 Å². The molecule has 0 saturated heterocycles. The number of aryl methyl sites for hydroxylation is 1. The van der Waals surface area contributed by atoms with E-state index in [0.29, 0.717) is 0 Å². The third kappa shape index (κ3) is 1.45. The molecule has 0 saturated carbocycles. The van der Waals surface area contributed by atoms with E-state index in [2.05, 4.69) is 20.2 Å². The van der Waals surface area contributed by atoms with Crippen LogP contribution in [0.5, 0.6) is 0 Å². The molecule has 4 rings (SSSR count). The monoisotopic (exact) mass is 250 g/mol. The minimum atomic E-state index is 0.806. The maximum atomic E-state index is 5.53. The molecule has 0 bridgehead atoms. The maximum absolute atomic E-state index is 5.53. The standard InChI is InChI=1S/C14H10N4O/c1-8-10-7-16-18-13(10)4-12(17-8)11-6-15-5-9-2-3-19-14(9)11/h2-7H,1H3,(H,16,18). The van der Waals surface area contributed by atoms with Gasteiger partial charge in [0.1, 0.15) is 5.58 Å². The Bertz CT molecular complexity index is 891. The van der Waals surface area contributed by atoms with Gasteiger partial charge in [0.2, 0.25) is 0 Å². The van der Waals surface area contributed by atoms with E-state index in [9.17, 15) is 0 Å². The Balaban J connectivity index is 2.06. The highest BCUT2D eigenvalue weighted by molar-refractivity contribution is 5.93. The van der Waals surface area contributed by atoms with Crippen molar-refractivity contribution in [3.8, 4) is 11.3 Å². The number of hydrogen-bond donors (Lipinski definition) is 1. The van der Waals surface area contributed by atoms with Crippen molar-refractivity contribution in [2.45, 2.75) is 6.92 Å². The van der Waals surface area contributed by atoms with Gasteiger partial charge >= 0.3 is 0 Å². The molecule has 0 fully saturated rings. The van der Waals surface area contributed by atoms with E-state index in [1.807, 2.05) is 19.1 Å². The lowest BCUT2D eigenvalue weighted by atomic mass is 10.1. The second kappa shape index (κ2) is 3.65. The summed E-state index contributed by atoms with van der Waals surface area (Å²) >= 11 is 0. The fourth-order valence-electron chi connectivity index (χ4n) is 2.32. The summed E-state index contributed by atoms with van der Waals surface area (Å²) in [6.45, 7) is 1.97. The van der Waals surface area contributed by atoms with Crippen LogP contribution < -0.4 is 0 Å². The lowest BCUT2D eigenvalue weighted by Crippen LogP contribution is -1.89. The van der Waals surface area contributed by atoms with E-state index >= 15 is 0 Å². The molecule has 4 aromatic rings. The lowest BCUT2D eigenvalue weighted by molar-refractivity contribution is 0.616. The highest BCUT2D eigenvalue weighted by atomic mass is 16.3. The smallest absolute Gasteiger partial charge is 0.146 e. The van der Waals surface area contributed by atoms with Crippen molar-refractivity contribution in [3.63, 3.8) is 0 Å². The van der Waals surface area contributed by atoms with Gasteiger partial charge in [-0.15, -0.1) is 0 Å². The molecule has 0 radical (unpaired) electrons. The number of hydrogen-bond acceptors (Lipinski definition) is 4. The zero-order valence-electron chi connectivity index (χ0n) is 10.2. The fourth-order valence-corrected chi connectivity index (χ4v) is 2.32. The van der Waals surface area contributed by atoms with Crippen LogP contribution in [0.25, 0.3) is 33.1 Å². The summed E-state index contributed by atoms with van der Waals surface area (Å²) in [7, 11) is 0. The summed E-state index contributed by atoms with van der Waals surface area (Å²) < 4.78 is 5.53. The van der Waals surface area contributed by atoms with Gasteiger partial charge in [0.15, 0.2) is 0 Å². The zero-order valence-corrected chi connectivity index (χ0v) is 10.2. The van der Waals surface area contributed by atoms with Crippen molar-refractivity contribution in [1.29, 1.82) is 0 Å². The van der Waals surface area contributed by atoms with Gasteiger partial charge in [-0.2, -0.15) is 5.10 Å². The summed E-state index contributed by atoms with van der Waals surface area (Å²) in [6.07, 6.45) is 7.00. The van der Waals surface area contributed by atoms with E-state index in [-0.39, 0.29) is 0 Å². The molecular formula is C14H10N4O. The van der Waals surface area contributed by atoms with Gasteiger partial charge in [-0.1, -0.05) is 0 Å².